The van der Waals surface area contributed by atoms with Crippen molar-refractivity contribution in [2.45, 2.75) is 25.3 Å². The van der Waals surface area contributed by atoms with Gasteiger partial charge in [-0.05, 0) is 60.5 Å². The highest BCUT2D eigenvalue weighted by Gasteiger charge is 2.38. The minimum atomic E-state index is -0.460. The Bertz CT molecular complexity index is 647. The fourth-order valence-corrected chi connectivity index (χ4v) is 3.42. The lowest BCUT2D eigenvalue weighted by Crippen LogP contribution is -2.27. The lowest BCUT2D eigenvalue weighted by Gasteiger charge is -2.20. The van der Waals surface area contributed by atoms with Gasteiger partial charge in [0, 0.05) is 5.69 Å². The molecule has 104 valence electrons. The zero-order valence-electron chi connectivity index (χ0n) is 11.9. The molecule has 0 saturated carbocycles. The highest BCUT2D eigenvalue weighted by molar-refractivity contribution is 7.08. The van der Waals surface area contributed by atoms with Crippen LogP contribution in [0.5, 0.6) is 0 Å². The minimum absolute atomic E-state index is 0.0705. The molecule has 0 spiro atoms. The molecule has 0 saturated heterocycles. The van der Waals surface area contributed by atoms with E-state index >= 15 is 0 Å². The van der Waals surface area contributed by atoms with Gasteiger partial charge < -0.3 is 10.6 Å². The molecule has 1 aliphatic heterocycles. The van der Waals surface area contributed by atoms with Crippen LogP contribution in [-0.2, 0) is 10.2 Å². The SMILES string of the molecule is CNC(c1ccsc1)c1ccc2c(c1)C(C)(C)C(=O)N2. The molecule has 0 fully saturated rings. The van der Waals surface area contributed by atoms with Gasteiger partial charge in [0.2, 0.25) is 5.91 Å². The molecule has 3 nitrogen and oxygen atoms in total. The quantitative estimate of drug-likeness (QED) is 0.909. The minimum Gasteiger partial charge on any atom is -0.325 e. The second-order valence-corrected chi connectivity index (χ2v) is 6.44. The first kappa shape index (κ1) is 13.3. The van der Waals surface area contributed by atoms with Gasteiger partial charge in [-0.3, -0.25) is 4.79 Å². The van der Waals surface area contributed by atoms with E-state index < -0.39 is 5.41 Å². The summed E-state index contributed by atoms with van der Waals surface area (Å²) in [6.07, 6.45) is 0. The van der Waals surface area contributed by atoms with Gasteiger partial charge in [0.1, 0.15) is 0 Å². The number of hydrogen-bond donors (Lipinski definition) is 2. The average Bonchev–Trinajstić information content (AvgIpc) is 3.01. The summed E-state index contributed by atoms with van der Waals surface area (Å²) in [5.74, 6) is 0.0705. The van der Waals surface area contributed by atoms with E-state index in [2.05, 4.69) is 39.6 Å². The second-order valence-electron chi connectivity index (χ2n) is 5.66. The summed E-state index contributed by atoms with van der Waals surface area (Å²) >= 11 is 1.70. The number of thiophene rings is 1. The van der Waals surface area contributed by atoms with Crippen molar-refractivity contribution in [3.8, 4) is 0 Å². The molecule has 2 N–H and O–H groups in total. The van der Waals surface area contributed by atoms with E-state index in [4.69, 9.17) is 0 Å². The molecule has 0 radical (unpaired) electrons. The van der Waals surface area contributed by atoms with Gasteiger partial charge >= 0.3 is 0 Å². The fraction of sp³-hybridized carbons (Fsp3) is 0.312. The van der Waals surface area contributed by atoms with E-state index in [1.54, 1.807) is 11.3 Å². The normalized spacial score (nSPS) is 17.6. The standard InChI is InChI=1S/C16H18N2OS/c1-16(2)12-8-10(4-5-13(12)18-15(16)19)14(17-3)11-6-7-20-9-11/h4-9,14,17H,1-3H3,(H,18,19). The molecule has 2 heterocycles. The fourth-order valence-electron chi connectivity index (χ4n) is 2.73. The zero-order chi connectivity index (χ0) is 14.3. The van der Waals surface area contributed by atoms with E-state index in [9.17, 15) is 4.79 Å². The van der Waals surface area contributed by atoms with Crippen molar-refractivity contribution < 1.29 is 4.79 Å². The molecule has 20 heavy (non-hydrogen) atoms. The molecule has 0 bridgehead atoms. The first-order valence-corrected chi connectivity index (χ1v) is 7.63. The van der Waals surface area contributed by atoms with Crippen molar-refractivity contribution >= 4 is 22.9 Å². The Labute approximate surface area is 123 Å². The predicted octanol–water partition coefficient (Wildman–Crippen LogP) is 3.29. The van der Waals surface area contributed by atoms with E-state index in [1.807, 2.05) is 27.0 Å². The van der Waals surface area contributed by atoms with E-state index in [0.29, 0.717) is 0 Å². The Morgan fingerprint density at radius 2 is 2.05 bits per heavy atom. The van der Waals surface area contributed by atoms with Crippen LogP contribution >= 0.6 is 11.3 Å². The molecule has 1 amide bonds. The number of nitrogens with one attached hydrogen (secondary N) is 2. The lowest BCUT2D eigenvalue weighted by molar-refractivity contribution is -0.119. The van der Waals surface area contributed by atoms with Gasteiger partial charge in [-0.1, -0.05) is 12.1 Å². The van der Waals surface area contributed by atoms with Crippen molar-refractivity contribution in [2.75, 3.05) is 12.4 Å². The van der Waals surface area contributed by atoms with Crippen LogP contribution < -0.4 is 10.6 Å². The first-order chi connectivity index (χ1) is 9.54. The Morgan fingerprint density at radius 3 is 2.70 bits per heavy atom. The summed E-state index contributed by atoms with van der Waals surface area (Å²) < 4.78 is 0. The number of carbonyl (C=O) groups excluding carboxylic acids is 1. The summed E-state index contributed by atoms with van der Waals surface area (Å²) in [5.41, 5.74) is 4.00. The summed E-state index contributed by atoms with van der Waals surface area (Å²) in [5, 5.41) is 10.5. The summed E-state index contributed by atoms with van der Waals surface area (Å²) in [6.45, 7) is 3.94. The highest BCUT2D eigenvalue weighted by Crippen LogP contribution is 2.39. The predicted molar refractivity (Wildman–Crippen MR) is 83.3 cm³/mol. The van der Waals surface area contributed by atoms with Gasteiger partial charge in [-0.2, -0.15) is 11.3 Å². The Morgan fingerprint density at radius 1 is 1.25 bits per heavy atom. The molecule has 1 unspecified atom stereocenters. The smallest absolute Gasteiger partial charge is 0.234 e. The maximum atomic E-state index is 12.0. The van der Waals surface area contributed by atoms with Crippen LogP contribution in [0.1, 0.15) is 36.6 Å². The van der Waals surface area contributed by atoms with Crippen LogP contribution in [0.4, 0.5) is 5.69 Å². The molecule has 1 aromatic carbocycles. The van der Waals surface area contributed by atoms with E-state index in [1.165, 1.54) is 11.1 Å². The van der Waals surface area contributed by atoms with Crippen LogP contribution in [-0.4, -0.2) is 13.0 Å². The van der Waals surface area contributed by atoms with Crippen LogP contribution in [0.15, 0.2) is 35.0 Å². The van der Waals surface area contributed by atoms with Crippen LogP contribution in [0.3, 0.4) is 0 Å². The molecule has 2 aromatic rings. The van der Waals surface area contributed by atoms with Crippen molar-refractivity contribution in [3.63, 3.8) is 0 Å². The number of hydrogen-bond acceptors (Lipinski definition) is 3. The van der Waals surface area contributed by atoms with Gasteiger partial charge in [0.15, 0.2) is 0 Å². The lowest BCUT2D eigenvalue weighted by atomic mass is 9.84. The molecule has 1 aromatic heterocycles. The zero-order valence-corrected chi connectivity index (χ0v) is 12.7. The molecule has 1 atom stereocenters. The third-order valence-electron chi connectivity index (χ3n) is 4.03. The Balaban J connectivity index is 2.05. The van der Waals surface area contributed by atoms with Gasteiger partial charge in [-0.25, -0.2) is 0 Å². The van der Waals surface area contributed by atoms with E-state index in [0.717, 1.165) is 11.3 Å². The number of amides is 1. The highest BCUT2D eigenvalue weighted by atomic mass is 32.1. The number of rotatable bonds is 3. The van der Waals surface area contributed by atoms with Gasteiger partial charge in [0.05, 0.1) is 11.5 Å². The summed E-state index contributed by atoms with van der Waals surface area (Å²) in [7, 11) is 1.96. The van der Waals surface area contributed by atoms with Crippen molar-refractivity contribution in [2.24, 2.45) is 0 Å². The topological polar surface area (TPSA) is 41.1 Å². The average molecular weight is 286 g/mol. The van der Waals surface area contributed by atoms with Gasteiger partial charge in [0.25, 0.3) is 0 Å². The third-order valence-corrected chi connectivity index (χ3v) is 4.73. The number of fused-ring (bicyclic) bond motifs is 1. The molecule has 4 heteroatoms. The van der Waals surface area contributed by atoms with Crippen LogP contribution in [0.2, 0.25) is 0 Å². The maximum Gasteiger partial charge on any atom is 0.234 e. The largest absolute Gasteiger partial charge is 0.325 e. The van der Waals surface area contributed by atoms with Crippen LogP contribution in [0, 0.1) is 0 Å². The Hall–Kier alpha value is -1.65. The van der Waals surface area contributed by atoms with Crippen molar-refractivity contribution in [3.05, 3.63) is 51.7 Å². The molecule has 0 aliphatic carbocycles. The third kappa shape index (κ3) is 1.96. The molecule has 1 aliphatic rings. The molecular formula is C16H18N2OS. The molecular weight excluding hydrogens is 268 g/mol. The van der Waals surface area contributed by atoms with Crippen molar-refractivity contribution in [1.29, 1.82) is 0 Å². The summed E-state index contributed by atoms with van der Waals surface area (Å²) in [4.78, 5) is 12.0. The maximum absolute atomic E-state index is 12.0. The second kappa shape index (κ2) is 4.72. The monoisotopic (exact) mass is 286 g/mol. The Kier molecular flexibility index (Phi) is 3.15. The van der Waals surface area contributed by atoms with Gasteiger partial charge in [-0.15, -0.1) is 0 Å². The number of benzene rings is 1. The summed E-state index contributed by atoms with van der Waals surface area (Å²) in [6, 6.07) is 8.53. The van der Waals surface area contributed by atoms with E-state index in [-0.39, 0.29) is 11.9 Å². The number of carbonyl (C=O) groups is 1. The first-order valence-electron chi connectivity index (χ1n) is 6.69. The number of anilines is 1. The molecule has 3 rings (SSSR count). The van der Waals surface area contributed by atoms with Crippen LogP contribution in [0.25, 0.3) is 0 Å². The van der Waals surface area contributed by atoms with Crippen molar-refractivity contribution in [1.82, 2.24) is 5.32 Å².